The first-order valence-corrected chi connectivity index (χ1v) is 6.39. The lowest BCUT2D eigenvalue weighted by Gasteiger charge is -1.97. The number of imidazole rings is 1. The third-order valence-electron chi connectivity index (χ3n) is 3.24. The van der Waals surface area contributed by atoms with Gasteiger partial charge in [-0.2, -0.15) is 0 Å². The number of non-ortho nitro benzene ring substituents is 2. The van der Waals surface area contributed by atoms with E-state index in [1.54, 1.807) is 18.2 Å². The zero-order chi connectivity index (χ0) is 15.7. The van der Waals surface area contributed by atoms with Crippen LogP contribution >= 0.6 is 0 Å². The van der Waals surface area contributed by atoms with E-state index in [1.165, 1.54) is 24.3 Å². The molecule has 1 aromatic heterocycles. The van der Waals surface area contributed by atoms with E-state index < -0.39 is 9.85 Å². The van der Waals surface area contributed by atoms with Gasteiger partial charge in [0.1, 0.15) is 5.82 Å². The number of H-pyrrole nitrogens is 1. The second-order valence-corrected chi connectivity index (χ2v) is 4.74. The highest BCUT2D eigenvalue weighted by atomic mass is 16.6. The number of nitrogens with one attached hydrogen (secondary N) is 1. The van der Waals surface area contributed by atoms with Crippen molar-refractivity contribution in [3.63, 3.8) is 0 Å². The molecule has 0 saturated carbocycles. The molecule has 3 rings (SSSR count). The maximum atomic E-state index is 10.7. The summed E-state index contributed by atoms with van der Waals surface area (Å²) in [6.45, 7) is 0. The fourth-order valence-corrected chi connectivity index (χ4v) is 2.18. The highest BCUT2D eigenvalue weighted by Crippen LogP contribution is 2.20. The molecule has 0 saturated heterocycles. The first-order chi connectivity index (χ1) is 10.5. The normalized spacial score (nSPS) is 10.7. The average Bonchev–Trinajstić information content (AvgIpc) is 2.88. The molecular weight excluding hydrogens is 288 g/mol. The van der Waals surface area contributed by atoms with Crippen molar-refractivity contribution in [2.24, 2.45) is 0 Å². The molecule has 0 spiro atoms. The van der Waals surface area contributed by atoms with E-state index in [2.05, 4.69) is 9.97 Å². The van der Waals surface area contributed by atoms with Gasteiger partial charge in [0.25, 0.3) is 11.4 Å². The van der Waals surface area contributed by atoms with E-state index in [0.717, 1.165) is 5.56 Å². The first kappa shape index (κ1) is 13.7. The quantitative estimate of drug-likeness (QED) is 0.587. The van der Waals surface area contributed by atoms with Crippen molar-refractivity contribution < 1.29 is 9.85 Å². The molecule has 22 heavy (non-hydrogen) atoms. The van der Waals surface area contributed by atoms with E-state index in [1.807, 2.05) is 0 Å². The summed E-state index contributed by atoms with van der Waals surface area (Å²) in [6, 6.07) is 10.6. The van der Waals surface area contributed by atoms with Crippen LogP contribution in [0, 0.1) is 20.2 Å². The van der Waals surface area contributed by atoms with Gasteiger partial charge in [0, 0.05) is 30.7 Å². The Balaban J connectivity index is 1.87. The zero-order valence-corrected chi connectivity index (χ0v) is 11.2. The lowest BCUT2D eigenvalue weighted by atomic mass is 10.1. The van der Waals surface area contributed by atoms with Crippen molar-refractivity contribution in [3.8, 4) is 0 Å². The van der Waals surface area contributed by atoms with Crippen LogP contribution in [0.25, 0.3) is 11.0 Å². The molecule has 0 aliphatic heterocycles. The smallest absolute Gasteiger partial charge is 0.271 e. The molecule has 3 aromatic rings. The van der Waals surface area contributed by atoms with Gasteiger partial charge in [0.2, 0.25) is 0 Å². The Hall–Kier alpha value is -3.29. The molecule has 110 valence electrons. The van der Waals surface area contributed by atoms with Crippen molar-refractivity contribution in [2.75, 3.05) is 0 Å². The van der Waals surface area contributed by atoms with Gasteiger partial charge < -0.3 is 4.98 Å². The minimum Gasteiger partial charge on any atom is -0.341 e. The molecule has 0 aliphatic rings. The Morgan fingerprint density at radius 1 is 0.955 bits per heavy atom. The summed E-state index contributed by atoms with van der Waals surface area (Å²) in [7, 11) is 0. The number of nitro benzene ring substituents is 2. The van der Waals surface area contributed by atoms with Crippen LogP contribution in [0.1, 0.15) is 11.4 Å². The Morgan fingerprint density at radius 3 is 2.23 bits per heavy atom. The third kappa shape index (κ3) is 2.62. The fourth-order valence-electron chi connectivity index (χ4n) is 2.18. The number of fused-ring (bicyclic) bond motifs is 1. The minimum atomic E-state index is -0.462. The Bertz CT molecular complexity index is 870. The van der Waals surface area contributed by atoms with Crippen LogP contribution in [-0.4, -0.2) is 19.8 Å². The summed E-state index contributed by atoms with van der Waals surface area (Å²) in [5.74, 6) is 0.643. The third-order valence-corrected chi connectivity index (χ3v) is 3.24. The fraction of sp³-hybridized carbons (Fsp3) is 0.0714. The van der Waals surface area contributed by atoms with Crippen LogP contribution in [0.15, 0.2) is 42.5 Å². The summed E-state index contributed by atoms with van der Waals surface area (Å²) in [5.41, 5.74) is 2.12. The number of hydrogen-bond donors (Lipinski definition) is 1. The van der Waals surface area contributed by atoms with Crippen LogP contribution in [0.2, 0.25) is 0 Å². The first-order valence-electron chi connectivity index (χ1n) is 6.39. The van der Waals surface area contributed by atoms with Crippen molar-refractivity contribution in [2.45, 2.75) is 6.42 Å². The number of benzene rings is 2. The summed E-state index contributed by atoms with van der Waals surface area (Å²) in [5, 5.41) is 21.4. The lowest BCUT2D eigenvalue weighted by Crippen LogP contribution is -1.92. The average molecular weight is 298 g/mol. The number of aromatic amines is 1. The summed E-state index contributed by atoms with van der Waals surface area (Å²) in [4.78, 5) is 27.8. The maximum absolute atomic E-state index is 10.7. The Kier molecular flexibility index (Phi) is 3.26. The molecule has 2 aromatic carbocycles. The maximum Gasteiger partial charge on any atom is 0.271 e. The number of hydrogen-bond acceptors (Lipinski definition) is 5. The van der Waals surface area contributed by atoms with Crippen LogP contribution < -0.4 is 0 Å². The predicted octanol–water partition coefficient (Wildman–Crippen LogP) is 2.97. The van der Waals surface area contributed by atoms with Crippen LogP contribution in [0.3, 0.4) is 0 Å². The molecule has 8 nitrogen and oxygen atoms in total. The van der Waals surface area contributed by atoms with Crippen molar-refractivity contribution in [1.82, 2.24) is 9.97 Å². The predicted molar refractivity (Wildman–Crippen MR) is 78.7 cm³/mol. The lowest BCUT2D eigenvalue weighted by molar-refractivity contribution is -0.385. The largest absolute Gasteiger partial charge is 0.341 e. The van der Waals surface area contributed by atoms with Gasteiger partial charge in [-0.3, -0.25) is 20.2 Å². The van der Waals surface area contributed by atoms with E-state index in [-0.39, 0.29) is 11.4 Å². The number of nitro groups is 2. The van der Waals surface area contributed by atoms with E-state index in [4.69, 9.17) is 0 Å². The minimum absolute atomic E-state index is 0.00182. The molecule has 0 amide bonds. The Labute approximate surface area is 123 Å². The van der Waals surface area contributed by atoms with Crippen molar-refractivity contribution >= 4 is 22.4 Å². The second kappa shape index (κ2) is 5.24. The Morgan fingerprint density at radius 2 is 1.59 bits per heavy atom. The molecule has 0 aliphatic carbocycles. The van der Waals surface area contributed by atoms with Gasteiger partial charge in [0.05, 0.1) is 20.9 Å². The van der Waals surface area contributed by atoms with E-state index >= 15 is 0 Å². The molecule has 0 atom stereocenters. The van der Waals surface area contributed by atoms with Gasteiger partial charge in [-0.15, -0.1) is 0 Å². The van der Waals surface area contributed by atoms with Crippen LogP contribution in [0.4, 0.5) is 11.4 Å². The summed E-state index contributed by atoms with van der Waals surface area (Å²) >= 11 is 0. The molecular formula is C14H10N4O4. The molecule has 0 bridgehead atoms. The molecule has 0 unspecified atom stereocenters. The van der Waals surface area contributed by atoms with Gasteiger partial charge >= 0.3 is 0 Å². The van der Waals surface area contributed by atoms with Crippen molar-refractivity contribution in [1.29, 1.82) is 0 Å². The molecule has 8 heteroatoms. The second-order valence-electron chi connectivity index (χ2n) is 4.74. The number of aromatic nitrogens is 2. The van der Waals surface area contributed by atoms with E-state index in [0.29, 0.717) is 23.3 Å². The molecule has 1 heterocycles. The number of rotatable bonds is 4. The molecule has 0 radical (unpaired) electrons. The number of nitrogens with zero attached hydrogens (tertiary/aromatic N) is 3. The van der Waals surface area contributed by atoms with Gasteiger partial charge in [-0.1, -0.05) is 12.1 Å². The monoisotopic (exact) mass is 298 g/mol. The van der Waals surface area contributed by atoms with Crippen molar-refractivity contribution in [3.05, 3.63) is 74.1 Å². The zero-order valence-electron chi connectivity index (χ0n) is 11.2. The highest BCUT2D eigenvalue weighted by Gasteiger charge is 2.10. The summed E-state index contributed by atoms with van der Waals surface area (Å²) in [6.07, 6.45) is 0.459. The highest BCUT2D eigenvalue weighted by molar-refractivity contribution is 5.77. The van der Waals surface area contributed by atoms with Crippen LogP contribution in [-0.2, 0) is 6.42 Å². The standard InChI is InChI=1S/C14H10N4O4/c19-17(20)10-3-1-9(2-4-10)7-14-15-12-6-5-11(18(21)22)8-13(12)16-14/h1-6,8H,7H2,(H,15,16). The SMILES string of the molecule is O=[N+]([O-])c1ccc(Cc2nc3ccc([N+](=O)[O-])cc3[nH]2)cc1. The van der Waals surface area contributed by atoms with Crippen LogP contribution in [0.5, 0.6) is 0 Å². The van der Waals surface area contributed by atoms with Gasteiger partial charge in [-0.25, -0.2) is 4.98 Å². The van der Waals surface area contributed by atoms with E-state index in [9.17, 15) is 20.2 Å². The topological polar surface area (TPSA) is 115 Å². The summed E-state index contributed by atoms with van der Waals surface area (Å²) < 4.78 is 0. The van der Waals surface area contributed by atoms with Gasteiger partial charge in [0.15, 0.2) is 0 Å². The molecule has 1 N–H and O–H groups in total. The molecule has 0 fully saturated rings. The van der Waals surface area contributed by atoms with Gasteiger partial charge in [-0.05, 0) is 11.6 Å².